The van der Waals surface area contributed by atoms with E-state index in [2.05, 4.69) is 47.1 Å². The zero-order valence-corrected chi connectivity index (χ0v) is 40.0. The molecule has 0 saturated carbocycles. The Hall–Kier alpha value is -4.94. The first-order valence-corrected chi connectivity index (χ1v) is 25.0. The number of esters is 2. The van der Waals surface area contributed by atoms with Crippen molar-refractivity contribution in [2.75, 3.05) is 58.7 Å². The van der Waals surface area contributed by atoms with Gasteiger partial charge in [-0.3, -0.25) is 9.98 Å². The summed E-state index contributed by atoms with van der Waals surface area (Å²) in [5.41, 5.74) is 2.19. The van der Waals surface area contributed by atoms with Crippen LogP contribution in [-0.2, 0) is 35.6 Å². The van der Waals surface area contributed by atoms with E-state index in [0.717, 1.165) is 6.26 Å². The molecule has 2 aromatic carbocycles. The molecule has 4 aliphatic heterocycles. The van der Waals surface area contributed by atoms with E-state index in [0.29, 0.717) is 58.0 Å². The van der Waals surface area contributed by atoms with Crippen LogP contribution in [0.15, 0.2) is 95.6 Å². The number of carbonyl (C=O) groups is 3. The van der Waals surface area contributed by atoms with Gasteiger partial charge in [0, 0.05) is 63.5 Å². The third kappa shape index (κ3) is 9.14. The molecule has 8 rings (SSSR count). The number of benzene rings is 2. The van der Waals surface area contributed by atoms with Gasteiger partial charge in [0.2, 0.25) is 10.0 Å². The Balaban J connectivity index is 1.08. The number of piperazine rings is 2. The zero-order chi connectivity index (χ0) is 45.4. The Bertz CT molecular complexity index is 2770. The number of hydrogen-bond acceptors (Lipinski definition) is 15. The van der Waals surface area contributed by atoms with Gasteiger partial charge in [-0.2, -0.15) is 4.31 Å². The lowest BCUT2D eigenvalue weighted by molar-refractivity contribution is -0.140. The zero-order valence-electron chi connectivity index (χ0n) is 34.4. The fraction of sp³-hybridized carbons (Fsp3) is 0.341. The maximum Gasteiger partial charge on any atom is 0.338 e. The number of thiazole rings is 2. The van der Waals surface area contributed by atoms with Crippen LogP contribution in [0.25, 0.3) is 0 Å². The molecule has 0 aliphatic carbocycles. The molecule has 2 aromatic heterocycles. The van der Waals surface area contributed by atoms with Gasteiger partial charge in [0.05, 0.1) is 55.9 Å². The molecule has 23 heteroatoms. The minimum absolute atomic E-state index is 0.0160. The van der Waals surface area contributed by atoms with Crippen molar-refractivity contribution < 1.29 is 41.1 Å². The van der Waals surface area contributed by atoms with E-state index in [1.807, 2.05) is 10.3 Å². The summed E-state index contributed by atoms with van der Waals surface area (Å²) in [5, 5.41) is 5.85. The molecule has 64 heavy (non-hydrogen) atoms. The van der Waals surface area contributed by atoms with Crippen molar-refractivity contribution in [2.45, 2.75) is 32.5 Å². The van der Waals surface area contributed by atoms with Crippen molar-refractivity contribution in [1.29, 1.82) is 0 Å². The summed E-state index contributed by atoms with van der Waals surface area (Å²) in [7, 11) is -3.67. The molecule has 1 unspecified atom stereocenters. The fourth-order valence-corrected chi connectivity index (χ4v) is 11.2. The number of amidine groups is 2. The predicted octanol–water partition coefficient (Wildman–Crippen LogP) is 6.14. The molecule has 2 saturated heterocycles. The largest absolute Gasteiger partial charge is 0.463 e. The number of aromatic nitrogens is 2. The van der Waals surface area contributed by atoms with Gasteiger partial charge < -0.3 is 29.5 Å². The number of amides is 2. The number of sulfonamides is 1. The van der Waals surface area contributed by atoms with E-state index in [1.54, 1.807) is 42.1 Å². The summed E-state index contributed by atoms with van der Waals surface area (Å²) in [6, 6.07) is 5.85. The second-order valence-corrected chi connectivity index (χ2v) is 20.4. The van der Waals surface area contributed by atoms with E-state index in [9.17, 15) is 31.6 Å². The molecule has 2 amide bonds. The molecular formula is C41H39Br2F2N9O7S3. The highest BCUT2D eigenvalue weighted by atomic mass is 79.9. The lowest BCUT2D eigenvalue weighted by Gasteiger charge is -2.42. The predicted molar refractivity (Wildman–Crippen MR) is 242 cm³/mol. The smallest absolute Gasteiger partial charge is 0.338 e. The number of nitrogens with zero attached hydrogens (tertiary/aromatic N) is 8. The summed E-state index contributed by atoms with van der Waals surface area (Å²) in [6.07, 6.45) is 4.36. The number of aliphatic imine (C=N–C) groups is 2. The number of ether oxygens (including phenoxy) is 2. The highest BCUT2D eigenvalue weighted by Gasteiger charge is 2.43. The SMILES string of the molecule is CCOC(=O)C1=C2CN(S(C)(=O)=O)CCN2C(c2ncc(CNC(=O)N3CCN4C(c5nccs5)=N[C@@H](c5ccc(F)cc5Br)C(C(=O)OCC)=C4C3)s2)=NC1c1ccc(F)cc1Br. The maximum absolute atomic E-state index is 14.3. The normalized spacial score (nSPS) is 19.2. The highest BCUT2D eigenvalue weighted by molar-refractivity contribution is 9.10. The van der Waals surface area contributed by atoms with Crippen molar-refractivity contribution in [3.05, 3.63) is 123 Å². The van der Waals surface area contributed by atoms with E-state index in [-0.39, 0.29) is 70.2 Å². The Kier molecular flexibility index (Phi) is 13.5. The van der Waals surface area contributed by atoms with Gasteiger partial charge in [-0.15, -0.1) is 22.7 Å². The van der Waals surface area contributed by atoms with Gasteiger partial charge in [0.1, 0.15) is 23.7 Å². The van der Waals surface area contributed by atoms with Crippen LogP contribution in [0, 0.1) is 11.6 Å². The van der Waals surface area contributed by atoms with Gasteiger partial charge in [-0.25, -0.2) is 41.6 Å². The van der Waals surface area contributed by atoms with E-state index >= 15 is 0 Å². The van der Waals surface area contributed by atoms with Crippen LogP contribution in [-0.4, -0.2) is 126 Å². The number of hydrogen-bond donors (Lipinski definition) is 1. The van der Waals surface area contributed by atoms with Gasteiger partial charge >= 0.3 is 18.0 Å². The lowest BCUT2D eigenvalue weighted by Crippen LogP contribution is -2.54. The van der Waals surface area contributed by atoms with Gasteiger partial charge in [0.25, 0.3) is 0 Å². The molecule has 4 aliphatic rings. The van der Waals surface area contributed by atoms with Crippen molar-refractivity contribution in [2.24, 2.45) is 9.98 Å². The van der Waals surface area contributed by atoms with Crippen molar-refractivity contribution in [3.8, 4) is 0 Å². The first-order chi connectivity index (χ1) is 30.7. The molecule has 336 valence electrons. The van der Waals surface area contributed by atoms with Crippen molar-refractivity contribution in [1.82, 2.24) is 34.3 Å². The topological polar surface area (TPSA) is 179 Å². The second-order valence-electron chi connectivity index (χ2n) is 14.7. The quantitative estimate of drug-likeness (QED) is 0.171. The molecule has 2 fully saturated rings. The summed E-state index contributed by atoms with van der Waals surface area (Å²) < 4.78 is 67.2. The number of rotatable bonds is 11. The molecule has 0 radical (unpaired) electrons. The van der Waals surface area contributed by atoms with Crippen LogP contribution in [0.4, 0.5) is 13.6 Å². The van der Waals surface area contributed by atoms with Crippen LogP contribution in [0.3, 0.4) is 0 Å². The van der Waals surface area contributed by atoms with E-state index in [4.69, 9.17) is 19.5 Å². The Morgan fingerprint density at radius 2 is 1.38 bits per heavy atom. The van der Waals surface area contributed by atoms with Gasteiger partial charge in [-0.05, 0) is 49.2 Å². The molecule has 6 heterocycles. The van der Waals surface area contributed by atoms with Crippen LogP contribution < -0.4 is 5.32 Å². The van der Waals surface area contributed by atoms with E-state index in [1.165, 1.54) is 57.3 Å². The molecule has 2 atom stereocenters. The average molecular weight is 1060 g/mol. The third-order valence-corrected chi connectivity index (χ3v) is 15.1. The van der Waals surface area contributed by atoms with Crippen LogP contribution in [0.1, 0.15) is 52.0 Å². The molecule has 16 nitrogen and oxygen atoms in total. The first-order valence-electron chi connectivity index (χ1n) is 19.9. The van der Waals surface area contributed by atoms with Crippen LogP contribution in [0.5, 0.6) is 0 Å². The number of halogens is 4. The Morgan fingerprint density at radius 3 is 1.91 bits per heavy atom. The number of nitrogens with one attached hydrogen (secondary N) is 1. The maximum atomic E-state index is 14.3. The summed E-state index contributed by atoms with van der Waals surface area (Å²) in [4.78, 5) is 66.6. The second kappa shape index (κ2) is 18.9. The Labute approximate surface area is 391 Å². The summed E-state index contributed by atoms with van der Waals surface area (Å²) in [6.45, 7) is 4.25. The van der Waals surface area contributed by atoms with Gasteiger partial charge in [0.15, 0.2) is 21.7 Å². The standard InChI is InChI=1S/C41H39Br2F2N9O7S3/c1-4-60-39(55)31-29-20-51(11-13-53(29)35(37-46-10-15-62-37)49-33(31)25-8-6-22(44)16-27(25)42)41(57)48-19-24-18-47-38(63-24)36-50-34(26-9-7-23(45)17-28(26)43)32(40(56)61-5-2)30-21-52(64(3,58)59)12-14-54(30)36/h6-10,15-18,33-34H,4-5,11-14,19-21H2,1-3H3,(H,48,57)/t33-,34?/m0/s1. The van der Waals surface area contributed by atoms with Crippen molar-refractivity contribution in [3.63, 3.8) is 0 Å². The minimum atomic E-state index is -3.67. The monoisotopic (exact) mass is 1060 g/mol. The number of urea groups is 1. The lowest BCUT2D eigenvalue weighted by atomic mass is 9.93. The molecule has 4 aromatic rings. The van der Waals surface area contributed by atoms with E-state index < -0.39 is 51.7 Å². The van der Waals surface area contributed by atoms with Crippen LogP contribution in [0.2, 0.25) is 0 Å². The minimum Gasteiger partial charge on any atom is -0.463 e. The molecule has 0 bridgehead atoms. The number of carbonyl (C=O) groups excluding carboxylic acids is 3. The first kappa shape index (κ1) is 45.6. The number of fused-ring (bicyclic) bond motifs is 2. The fourth-order valence-electron chi connectivity index (χ4n) is 7.81. The average Bonchev–Trinajstić information content (AvgIpc) is 3.97. The Morgan fingerprint density at radius 1 is 0.812 bits per heavy atom. The molecule has 0 spiro atoms. The van der Waals surface area contributed by atoms with Gasteiger partial charge in [-0.1, -0.05) is 44.0 Å². The van der Waals surface area contributed by atoms with Crippen LogP contribution >= 0.6 is 54.5 Å². The summed E-state index contributed by atoms with van der Waals surface area (Å²) in [5.74, 6) is -1.40. The highest BCUT2D eigenvalue weighted by Crippen LogP contribution is 2.43. The molecular weight excluding hydrogens is 1020 g/mol. The third-order valence-electron chi connectivity index (χ3n) is 10.7. The summed E-state index contributed by atoms with van der Waals surface area (Å²) >= 11 is 9.52. The van der Waals surface area contributed by atoms with Crippen molar-refractivity contribution >= 4 is 94.2 Å². The molecule has 1 N–H and O–H groups in total.